The first-order valence-electron chi connectivity index (χ1n) is 4.09. The zero-order valence-corrected chi connectivity index (χ0v) is 11.1. The molecule has 0 fully saturated rings. The topological polar surface area (TPSA) is 64.6 Å². The van der Waals surface area contributed by atoms with E-state index < -0.39 is 12.6 Å². The summed E-state index contributed by atoms with van der Waals surface area (Å²) in [6.07, 6.45) is -1.70. The van der Waals surface area contributed by atoms with E-state index in [0.29, 0.717) is 13.2 Å². The second-order valence-electron chi connectivity index (χ2n) is 2.05. The Morgan fingerprint density at radius 2 is 1.15 bits per heavy atom. The van der Waals surface area contributed by atoms with Gasteiger partial charge in [-0.05, 0) is 26.4 Å². The number of hydrogen-bond donors (Lipinski definition) is 0. The van der Waals surface area contributed by atoms with Crippen molar-refractivity contribution in [3.05, 3.63) is 0 Å². The van der Waals surface area contributed by atoms with Gasteiger partial charge in [0.2, 0.25) is 0 Å². The first kappa shape index (κ1) is 19.6. The third kappa shape index (κ3) is 32.0. The van der Waals surface area contributed by atoms with Crippen molar-refractivity contribution in [1.82, 2.24) is 0 Å². The van der Waals surface area contributed by atoms with Gasteiger partial charge in [0.05, 0.1) is 0 Å². The molecule has 0 saturated carbocycles. The minimum Gasteiger partial charge on any atom is -0.831 e. The summed E-state index contributed by atoms with van der Waals surface area (Å²) in [4.78, 5) is 0. The molecule has 76 valence electrons. The Labute approximate surface area is 110 Å². The summed E-state index contributed by atoms with van der Waals surface area (Å²) in [6, 6.07) is 0. The van der Waals surface area contributed by atoms with Gasteiger partial charge < -0.3 is 19.7 Å². The molecule has 0 saturated heterocycles. The van der Waals surface area contributed by atoms with Crippen LogP contribution >= 0.6 is 0 Å². The van der Waals surface area contributed by atoms with Crippen molar-refractivity contribution in [2.45, 2.75) is 40.3 Å². The van der Waals surface area contributed by atoms with E-state index in [1.54, 1.807) is 13.8 Å². The van der Waals surface area contributed by atoms with Gasteiger partial charge in [0.15, 0.2) is 0 Å². The smallest absolute Gasteiger partial charge is 0.831 e. The van der Waals surface area contributed by atoms with Crippen LogP contribution in [0, 0.1) is 0 Å². The van der Waals surface area contributed by atoms with Gasteiger partial charge in [-0.1, -0.05) is 13.8 Å². The number of hydrogen-bond acceptors (Lipinski definition) is 4. The minimum absolute atomic E-state index is 0. The van der Waals surface area contributed by atoms with Crippen LogP contribution in [0.25, 0.3) is 0 Å². The molecular formula is C8H18CaO4. The summed E-state index contributed by atoms with van der Waals surface area (Å²) in [6.45, 7) is 7.59. The standard InChI is InChI=1S/2C4H9O2.Ca/c2*1-3-6-4(2)5;/h2*4H,3H2,1-2H3;/q2*-1;+2. The van der Waals surface area contributed by atoms with Crippen LogP contribution in [0.5, 0.6) is 0 Å². The summed E-state index contributed by atoms with van der Waals surface area (Å²) in [5, 5.41) is 19.8. The Balaban J connectivity index is -0.000000143. The van der Waals surface area contributed by atoms with E-state index in [2.05, 4.69) is 9.47 Å². The maximum Gasteiger partial charge on any atom is 2.00 e. The van der Waals surface area contributed by atoms with Crippen LogP contribution in [0.1, 0.15) is 27.7 Å². The monoisotopic (exact) mass is 218 g/mol. The molecule has 2 atom stereocenters. The maximum atomic E-state index is 9.90. The molecule has 0 spiro atoms. The van der Waals surface area contributed by atoms with Gasteiger partial charge in [0, 0.05) is 13.2 Å². The van der Waals surface area contributed by atoms with Crippen LogP contribution in [0.2, 0.25) is 0 Å². The van der Waals surface area contributed by atoms with Crippen LogP contribution in [0.3, 0.4) is 0 Å². The molecule has 0 aliphatic carbocycles. The molecule has 4 nitrogen and oxygen atoms in total. The second-order valence-corrected chi connectivity index (χ2v) is 2.05. The molecule has 5 heteroatoms. The molecule has 0 radical (unpaired) electrons. The quantitative estimate of drug-likeness (QED) is 0.452. The van der Waals surface area contributed by atoms with Gasteiger partial charge in [-0.15, -0.1) is 0 Å². The van der Waals surface area contributed by atoms with Gasteiger partial charge >= 0.3 is 37.7 Å². The third-order valence-corrected chi connectivity index (χ3v) is 0.803. The van der Waals surface area contributed by atoms with E-state index in [1.165, 1.54) is 13.8 Å². The molecule has 0 heterocycles. The fourth-order valence-corrected chi connectivity index (χ4v) is 0.469. The number of rotatable bonds is 4. The molecule has 0 aliphatic heterocycles. The molecule has 0 amide bonds. The Hall–Kier alpha value is 1.10. The van der Waals surface area contributed by atoms with E-state index in [1.807, 2.05) is 0 Å². The Morgan fingerprint density at radius 1 is 0.923 bits per heavy atom. The molecule has 0 aromatic rings. The predicted octanol–water partition coefficient (Wildman–Crippen LogP) is -0.922. The fourth-order valence-electron chi connectivity index (χ4n) is 0.469. The van der Waals surface area contributed by atoms with Gasteiger partial charge in [-0.3, -0.25) is 0 Å². The largest absolute Gasteiger partial charge is 2.00 e. The predicted molar refractivity (Wildman–Crippen MR) is 47.9 cm³/mol. The average molecular weight is 218 g/mol. The molecule has 0 N–H and O–H groups in total. The van der Waals surface area contributed by atoms with E-state index in [0.717, 1.165) is 0 Å². The molecule has 0 aromatic heterocycles. The summed E-state index contributed by atoms with van der Waals surface area (Å²) < 4.78 is 8.97. The van der Waals surface area contributed by atoms with Crippen molar-refractivity contribution in [2.75, 3.05) is 13.2 Å². The van der Waals surface area contributed by atoms with Gasteiger partial charge in [0.25, 0.3) is 0 Å². The summed E-state index contributed by atoms with van der Waals surface area (Å²) in [7, 11) is 0. The average Bonchev–Trinajstić information content (AvgIpc) is 1.87. The van der Waals surface area contributed by atoms with E-state index in [9.17, 15) is 10.2 Å². The van der Waals surface area contributed by atoms with Crippen molar-refractivity contribution < 1.29 is 19.7 Å². The Morgan fingerprint density at radius 3 is 1.15 bits per heavy atom. The van der Waals surface area contributed by atoms with Crippen LogP contribution in [0.15, 0.2) is 0 Å². The third-order valence-electron chi connectivity index (χ3n) is 0.803. The van der Waals surface area contributed by atoms with Crippen LogP contribution < -0.4 is 10.2 Å². The maximum absolute atomic E-state index is 9.90. The van der Waals surface area contributed by atoms with Crippen molar-refractivity contribution in [3.63, 3.8) is 0 Å². The summed E-state index contributed by atoms with van der Waals surface area (Å²) in [5.41, 5.74) is 0. The van der Waals surface area contributed by atoms with Crippen LogP contribution in [-0.2, 0) is 9.47 Å². The second kappa shape index (κ2) is 15.6. The van der Waals surface area contributed by atoms with Crippen LogP contribution in [0.4, 0.5) is 0 Å². The SMILES string of the molecule is CCOC(C)[O-].CCOC(C)[O-].[Ca+2]. The zero-order valence-electron chi connectivity index (χ0n) is 8.91. The summed E-state index contributed by atoms with van der Waals surface area (Å²) in [5.74, 6) is 0. The van der Waals surface area contributed by atoms with E-state index in [-0.39, 0.29) is 37.7 Å². The van der Waals surface area contributed by atoms with E-state index in [4.69, 9.17) is 0 Å². The normalized spacial score (nSPS) is 13.4. The molecule has 0 aromatic carbocycles. The van der Waals surface area contributed by atoms with Crippen molar-refractivity contribution in [2.24, 2.45) is 0 Å². The molecule has 0 aliphatic rings. The molecule has 13 heavy (non-hydrogen) atoms. The molecular weight excluding hydrogens is 200 g/mol. The Kier molecular flexibility index (Phi) is 23.5. The van der Waals surface area contributed by atoms with Gasteiger partial charge in [-0.25, -0.2) is 0 Å². The van der Waals surface area contributed by atoms with Crippen molar-refractivity contribution in [3.8, 4) is 0 Å². The van der Waals surface area contributed by atoms with Crippen molar-refractivity contribution >= 4 is 37.7 Å². The zero-order chi connectivity index (χ0) is 9.98. The minimum atomic E-state index is -0.852. The molecule has 0 bridgehead atoms. The molecule has 0 rings (SSSR count). The first-order chi connectivity index (χ1) is 5.54. The van der Waals surface area contributed by atoms with Crippen LogP contribution in [-0.4, -0.2) is 63.5 Å². The first-order valence-corrected chi connectivity index (χ1v) is 4.09. The number of ether oxygens (including phenoxy) is 2. The fraction of sp³-hybridized carbons (Fsp3) is 1.00. The Bertz CT molecular complexity index is 68.5. The summed E-state index contributed by atoms with van der Waals surface area (Å²) >= 11 is 0. The molecule has 2 unspecified atom stereocenters. The van der Waals surface area contributed by atoms with Gasteiger partial charge in [0.1, 0.15) is 0 Å². The van der Waals surface area contributed by atoms with Gasteiger partial charge in [-0.2, -0.15) is 0 Å². The van der Waals surface area contributed by atoms with E-state index >= 15 is 0 Å². The van der Waals surface area contributed by atoms with Crippen molar-refractivity contribution in [1.29, 1.82) is 0 Å².